The van der Waals surface area contributed by atoms with E-state index in [1.807, 2.05) is 20.8 Å². The Bertz CT molecular complexity index is 185. The molecule has 0 fully saturated rings. The second kappa shape index (κ2) is 6.03. The Morgan fingerprint density at radius 2 is 2.08 bits per heavy atom. The summed E-state index contributed by atoms with van der Waals surface area (Å²) in [4.78, 5) is 4.18. The topological polar surface area (TPSA) is 36.4 Å². The molecule has 0 aliphatic rings. The maximum absolute atomic E-state index is 5.88. The van der Waals surface area contributed by atoms with E-state index < -0.39 is 0 Å². The lowest BCUT2D eigenvalue weighted by Crippen LogP contribution is -2.22. The fraction of sp³-hybridized carbons (Fsp3) is 0.625. The van der Waals surface area contributed by atoms with Crippen LogP contribution in [0.3, 0.4) is 0 Å². The molecular weight excluding hydrogens is 174 g/mol. The lowest BCUT2D eigenvalue weighted by Gasteiger charge is -2.02. The van der Waals surface area contributed by atoms with E-state index in [9.17, 15) is 0 Å². The number of rotatable bonds is 4. The van der Waals surface area contributed by atoms with E-state index in [0.717, 1.165) is 5.57 Å². The second-order valence-electron chi connectivity index (χ2n) is 2.74. The first-order chi connectivity index (χ1) is 5.57. The predicted octanol–water partition coefficient (Wildman–Crippen LogP) is 1.66. The SMILES string of the molecule is CNN/C=C(C)\C(Cl)=N/C(C)C. The summed E-state index contributed by atoms with van der Waals surface area (Å²) in [5.74, 6) is 0. The van der Waals surface area contributed by atoms with Crippen LogP contribution in [0, 0.1) is 0 Å². The van der Waals surface area contributed by atoms with Crippen molar-refractivity contribution in [3.05, 3.63) is 11.8 Å². The molecule has 70 valence electrons. The molecule has 12 heavy (non-hydrogen) atoms. The third kappa shape index (κ3) is 5.16. The Balaban J connectivity index is 4.17. The quantitative estimate of drug-likeness (QED) is 0.522. The molecule has 0 bridgehead atoms. The maximum Gasteiger partial charge on any atom is 0.128 e. The molecular formula is C8H16ClN3. The summed E-state index contributed by atoms with van der Waals surface area (Å²) in [6, 6.07) is 0.232. The van der Waals surface area contributed by atoms with Crippen molar-refractivity contribution < 1.29 is 0 Å². The molecule has 0 rings (SSSR count). The Labute approximate surface area is 78.9 Å². The Kier molecular flexibility index (Phi) is 5.76. The molecule has 0 amide bonds. The zero-order valence-electron chi connectivity index (χ0n) is 7.98. The molecule has 0 radical (unpaired) electrons. The number of halogens is 1. The van der Waals surface area contributed by atoms with Crippen molar-refractivity contribution >= 4 is 16.8 Å². The van der Waals surface area contributed by atoms with Gasteiger partial charge in [-0.3, -0.25) is 4.99 Å². The van der Waals surface area contributed by atoms with Gasteiger partial charge in [-0.15, -0.1) is 0 Å². The summed E-state index contributed by atoms with van der Waals surface area (Å²) in [5.41, 5.74) is 6.51. The summed E-state index contributed by atoms with van der Waals surface area (Å²) in [6.07, 6.45) is 1.77. The van der Waals surface area contributed by atoms with Crippen LogP contribution in [0.15, 0.2) is 16.8 Å². The van der Waals surface area contributed by atoms with Gasteiger partial charge in [0.25, 0.3) is 0 Å². The third-order valence-electron chi connectivity index (χ3n) is 1.13. The minimum absolute atomic E-state index is 0.232. The smallest absolute Gasteiger partial charge is 0.128 e. The molecule has 0 heterocycles. The highest BCUT2D eigenvalue weighted by molar-refractivity contribution is 6.69. The van der Waals surface area contributed by atoms with Gasteiger partial charge in [0.2, 0.25) is 0 Å². The van der Waals surface area contributed by atoms with Gasteiger partial charge in [0.1, 0.15) is 5.17 Å². The van der Waals surface area contributed by atoms with Crippen molar-refractivity contribution in [2.75, 3.05) is 7.05 Å². The molecule has 0 unspecified atom stereocenters. The molecule has 0 saturated carbocycles. The number of hydrogen-bond donors (Lipinski definition) is 2. The molecule has 3 nitrogen and oxygen atoms in total. The monoisotopic (exact) mass is 189 g/mol. The fourth-order valence-corrected chi connectivity index (χ4v) is 0.818. The van der Waals surface area contributed by atoms with Crippen LogP contribution in [0.2, 0.25) is 0 Å². The number of aliphatic imine (C=N–C) groups is 1. The summed E-state index contributed by atoms with van der Waals surface area (Å²) < 4.78 is 0. The summed E-state index contributed by atoms with van der Waals surface area (Å²) in [6.45, 7) is 5.88. The average Bonchev–Trinajstić information content (AvgIpc) is 1.98. The van der Waals surface area contributed by atoms with Gasteiger partial charge >= 0.3 is 0 Å². The highest BCUT2D eigenvalue weighted by Gasteiger charge is 1.97. The molecule has 0 aromatic carbocycles. The molecule has 0 atom stereocenters. The van der Waals surface area contributed by atoms with Crippen LogP contribution in [0.4, 0.5) is 0 Å². The van der Waals surface area contributed by atoms with E-state index in [1.165, 1.54) is 0 Å². The van der Waals surface area contributed by atoms with Gasteiger partial charge in [-0.05, 0) is 20.8 Å². The normalized spacial score (nSPS) is 13.8. The van der Waals surface area contributed by atoms with E-state index in [1.54, 1.807) is 13.2 Å². The number of nitrogens with one attached hydrogen (secondary N) is 2. The summed E-state index contributed by atoms with van der Waals surface area (Å²) in [5, 5.41) is 0.549. The Morgan fingerprint density at radius 3 is 2.50 bits per heavy atom. The van der Waals surface area contributed by atoms with Crippen LogP contribution < -0.4 is 10.9 Å². The first-order valence-electron chi connectivity index (χ1n) is 3.90. The maximum atomic E-state index is 5.88. The Hall–Kier alpha value is -0.540. The second-order valence-corrected chi connectivity index (χ2v) is 3.09. The molecule has 0 aromatic rings. The van der Waals surface area contributed by atoms with E-state index in [-0.39, 0.29) is 6.04 Å². The summed E-state index contributed by atoms with van der Waals surface area (Å²) >= 11 is 5.88. The first kappa shape index (κ1) is 11.5. The van der Waals surface area contributed by atoms with Crippen LogP contribution in [0.5, 0.6) is 0 Å². The van der Waals surface area contributed by atoms with Gasteiger partial charge in [-0.1, -0.05) is 11.6 Å². The molecule has 4 heteroatoms. The van der Waals surface area contributed by atoms with Crippen molar-refractivity contribution in [1.29, 1.82) is 0 Å². The van der Waals surface area contributed by atoms with Crippen molar-refractivity contribution in [2.24, 2.45) is 4.99 Å². The highest BCUT2D eigenvalue weighted by atomic mass is 35.5. The molecule has 0 aliphatic heterocycles. The van der Waals surface area contributed by atoms with E-state index >= 15 is 0 Å². The van der Waals surface area contributed by atoms with E-state index in [0.29, 0.717) is 5.17 Å². The van der Waals surface area contributed by atoms with Crippen LogP contribution >= 0.6 is 11.6 Å². The predicted molar refractivity (Wildman–Crippen MR) is 54.4 cm³/mol. The van der Waals surface area contributed by atoms with Crippen LogP contribution in [-0.4, -0.2) is 18.3 Å². The number of allylic oxidation sites excluding steroid dienone is 1. The van der Waals surface area contributed by atoms with Crippen molar-refractivity contribution in [3.8, 4) is 0 Å². The molecule has 0 aromatic heterocycles. The lowest BCUT2D eigenvalue weighted by molar-refractivity contribution is 0.728. The number of hydrazine groups is 1. The first-order valence-corrected chi connectivity index (χ1v) is 4.28. The van der Waals surface area contributed by atoms with Gasteiger partial charge in [0, 0.05) is 24.9 Å². The van der Waals surface area contributed by atoms with Crippen molar-refractivity contribution in [1.82, 2.24) is 10.9 Å². The highest BCUT2D eigenvalue weighted by Crippen LogP contribution is 2.02. The minimum atomic E-state index is 0.232. The molecule has 0 aliphatic carbocycles. The average molecular weight is 190 g/mol. The van der Waals surface area contributed by atoms with E-state index in [4.69, 9.17) is 11.6 Å². The van der Waals surface area contributed by atoms with Crippen LogP contribution in [-0.2, 0) is 0 Å². The minimum Gasteiger partial charge on any atom is -0.329 e. The molecule has 0 spiro atoms. The standard InChI is InChI=1S/C8H16ClN3/c1-6(2)12-8(9)7(3)5-11-10-4/h5-6,10-11H,1-4H3/b7-5-,12-8+. The van der Waals surface area contributed by atoms with Gasteiger partial charge < -0.3 is 5.43 Å². The van der Waals surface area contributed by atoms with Crippen molar-refractivity contribution in [3.63, 3.8) is 0 Å². The third-order valence-corrected chi connectivity index (χ3v) is 1.53. The fourth-order valence-electron chi connectivity index (χ4n) is 0.568. The summed E-state index contributed by atoms with van der Waals surface area (Å²) in [7, 11) is 1.79. The lowest BCUT2D eigenvalue weighted by atomic mass is 10.3. The van der Waals surface area contributed by atoms with Crippen LogP contribution in [0.1, 0.15) is 20.8 Å². The zero-order chi connectivity index (χ0) is 9.56. The van der Waals surface area contributed by atoms with Crippen LogP contribution in [0.25, 0.3) is 0 Å². The van der Waals surface area contributed by atoms with E-state index in [2.05, 4.69) is 15.8 Å². The van der Waals surface area contributed by atoms with Gasteiger partial charge in [-0.25, -0.2) is 5.43 Å². The zero-order valence-corrected chi connectivity index (χ0v) is 8.74. The number of nitrogens with zero attached hydrogens (tertiary/aromatic N) is 1. The largest absolute Gasteiger partial charge is 0.329 e. The molecule has 2 N–H and O–H groups in total. The van der Waals surface area contributed by atoms with Crippen molar-refractivity contribution in [2.45, 2.75) is 26.8 Å². The Morgan fingerprint density at radius 1 is 1.50 bits per heavy atom. The number of hydrogen-bond acceptors (Lipinski definition) is 3. The molecule has 0 saturated heterocycles. The van der Waals surface area contributed by atoms with Gasteiger partial charge in [0.15, 0.2) is 0 Å². The van der Waals surface area contributed by atoms with Gasteiger partial charge in [0.05, 0.1) is 0 Å². The van der Waals surface area contributed by atoms with Gasteiger partial charge in [-0.2, -0.15) is 0 Å².